The van der Waals surface area contributed by atoms with Crippen molar-refractivity contribution in [2.24, 2.45) is 0 Å². The Morgan fingerprint density at radius 2 is 1.75 bits per heavy atom. The first-order valence-corrected chi connectivity index (χ1v) is 7.10. The van der Waals surface area contributed by atoms with Gasteiger partial charge < -0.3 is 5.32 Å². The second-order valence-corrected chi connectivity index (χ2v) is 5.23. The molecule has 1 aliphatic rings. The van der Waals surface area contributed by atoms with Crippen LogP contribution in [0.5, 0.6) is 0 Å². The van der Waals surface area contributed by atoms with E-state index in [0.29, 0.717) is 0 Å². The number of rotatable bonds is 4. The lowest BCUT2D eigenvalue weighted by atomic mass is 10.00. The third-order valence-electron chi connectivity index (χ3n) is 3.81. The van der Waals surface area contributed by atoms with Gasteiger partial charge in [0, 0.05) is 31.9 Å². The van der Waals surface area contributed by atoms with E-state index < -0.39 is 0 Å². The summed E-state index contributed by atoms with van der Waals surface area (Å²) in [6, 6.07) is 15.2. The maximum absolute atomic E-state index is 12.8. The van der Waals surface area contributed by atoms with E-state index in [2.05, 4.69) is 34.5 Å². The number of fused-ring (bicyclic) bond motifs is 1. The second kappa shape index (κ2) is 6.06. The van der Waals surface area contributed by atoms with Crippen LogP contribution in [0.1, 0.15) is 11.1 Å². The van der Waals surface area contributed by atoms with Crippen LogP contribution in [0.4, 0.5) is 10.1 Å². The highest BCUT2D eigenvalue weighted by molar-refractivity contribution is 5.42. The lowest BCUT2D eigenvalue weighted by Crippen LogP contribution is -2.34. The highest BCUT2D eigenvalue weighted by Crippen LogP contribution is 2.18. The summed E-state index contributed by atoms with van der Waals surface area (Å²) < 4.78 is 12.8. The lowest BCUT2D eigenvalue weighted by Gasteiger charge is -2.28. The zero-order valence-electron chi connectivity index (χ0n) is 11.5. The SMILES string of the molecule is Fc1ccc(NCCN2CCc3ccccc3C2)cc1. The molecule has 2 nitrogen and oxygen atoms in total. The molecule has 3 rings (SSSR count). The zero-order valence-corrected chi connectivity index (χ0v) is 11.5. The highest BCUT2D eigenvalue weighted by atomic mass is 19.1. The molecular formula is C17H19FN2. The van der Waals surface area contributed by atoms with Gasteiger partial charge in [0.2, 0.25) is 0 Å². The quantitative estimate of drug-likeness (QED) is 0.917. The molecule has 0 aliphatic carbocycles. The summed E-state index contributed by atoms with van der Waals surface area (Å²) in [6.45, 7) is 4.03. The van der Waals surface area contributed by atoms with Gasteiger partial charge in [-0.3, -0.25) is 4.90 Å². The summed E-state index contributed by atoms with van der Waals surface area (Å²) in [4.78, 5) is 2.46. The number of benzene rings is 2. The third kappa shape index (κ3) is 3.17. The van der Waals surface area contributed by atoms with Crippen LogP contribution in [0.15, 0.2) is 48.5 Å². The fraction of sp³-hybridized carbons (Fsp3) is 0.294. The van der Waals surface area contributed by atoms with Crippen LogP contribution >= 0.6 is 0 Å². The minimum Gasteiger partial charge on any atom is -0.384 e. The topological polar surface area (TPSA) is 15.3 Å². The van der Waals surface area contributed by atoms with Crippen molar-refractivity contribution < 1.29 is 4.39 Å². The van der Waals surface area contributed by atoms with E-state index in [1.54, 1.807) is 12.1 Å². The van der Waals surface area contributed by atoms with Crippen LogP contribution in [0, 0.1) is 5.82 Å². The molecule has 0 saturated carbocycles. The highest BCUT2D eigenvalue weighted by Gasteiger charge is 2.14. The Balaban J connectivity index is 1.49. The van der Waals surface area contributed by atoms with Gasteiger partial charge in [0.05, 0.1) is 0 Å². The number of anilines is 1. The van der Waals surface area contributed by atoms with Gasteiger partial charge in [-0.05, 0) is 41.8 Å². The van der Waals surface area contributed by atoms with Crippen LogP contribution in [0.2, 0.25) is 0 Å². The predicted octanol–water partition coefficient (Wildman–Crippen LogP) is 3.30. The smallest absolute Gasteiger partial charge is 0.123 e. The van der Waals surface area contributed by atoms with Gasteiger partial charge in [0.25, 0.3) is 0 Å². The maximum Gasteiger partial charge on any atom is 0.123 e. The number of hydrogen-bond donors (Lipinski definition) is 1. The van der Waals surface area contributed by atoms with E-state index >= 15 is 0 Å². The molecule has 104 valence electrons. The first kappa shape index (κ1) is 13.1. The Morgan fingerprint density at radius 3 is 2.55 bits per heavy atom. The molecule has 2 aromatic rings. The molecule has 0 atom stereocenters. The standard InChI is InChI=1S/C17H19FN2/c18-16-5-7-17(8-6-16)19-10-12-20-11-9-14-3-1-2-4-15(14)13-20/h1-8,19H,9-13H2. The van der Waals surface area contributed by atoms with E-state index in [-0.39, 0.29) is 5.82 Å². The van der Waals surface area contributed by atoms with E-state index in [4.69, 9.17) is 0 Å². The van der Waals surface area contributed by atoms with Gasteiger partial charge in [-0.1, -0.05) is 24.3 Å². The van der Waals surface area contributed by atoms with Crippen molar-refractivity contribution in [3.8, 4) is 0 Å². The predicted molar refractivity (Wildman–Crippen MR) is 80.3 cm³/mol. The number of nitrogens with zero attached hydrogens (tertiary/aromatic N) is 1. The Morgan fingerprint density at radius 1 is 1.00 bits per heavy atom. The molecule has 2 aromatic carbocycles. The summed E-state index contributed by atoms with van der Waals surface area (Å²) in [6.07, 6.45) is 1.13. The summed E-state index contributed by atoms with van der Waals surface area (Å²) >= 11 is 0. The van der Waals surface area contributed by atoms with Gasteiger partial charge in [-0.2, -0.15) is 0 Å². The molecule has 0 unspecified atom stereocenters. The average molecular weight is 270 g/mol. The van der Waals surface area contributed by atoms with Gasteiger partial charge in [-0.15, -0.1) is 0 Å². The largest absolute Gasteiger partial charge is 0.384 e. The van der Waals surface area contributed by atoms with E-state index in [1.165, 1.54) is 23.3 Å². The molecule has 20 heavy (non-hydrogen) atoms. The van der Waals surface area contributed by atoms with Crippen LogP contribution < -0.4 is 5.32 Å². The number of hydrogen-bond acceptors (Lipinski definition) is 2. The Labute approximate surface area is 119 Å². The van der Waals surface area contributed by atoms with Crippen LogP contribution in [0.25, 0.3) is 0 Å². The summed E-state index contributed by atoms with van der Waals surface area (Å²) in [5.74, 6) is -0.191. The van der Waals surface area contributed by atoms with Gasteiger partial charge in [0.15, 0.2) is 0 Å². The Kier molecular flexibility index (Phi) is 3.97. The van der Waals surface area contributed by atoms with Gasteiger partial charge in [-0.25, -0.2) is 4.39 Å². The monoisotopic (exact) mass is 270 g/mol. The van der Waals surface area contributed by atoms with Gasteiger partial charge in [0.1, 0.15) is 5.82 Å². The van der Waals surface area contributed by atoms with Gasteiger partial charge >= 0.3 is 0 Å². The molecule has 0 fully saturated rings. The maximum atomic E-state index is 12.8. The van der Waals surface area contributed by atoms with Crippen molar-refractivity contribution in [2.45, 2.75) is 13.0 Å². The van der Waals surface area contributed by atoms with E-state index in [1.807, 2.05) is 0 Å². The average Bonchev–Trinajstić information content (AvgIpc) is 2.49. The lowest BCUT2D eigenvalue weighted by molar-refractivity contribution is 0.264. The molecular weight excluding hydrogens is 251 g/mol. The van der Waals surface area contributed by atoms with Crippen LogP contribution in [-0.4, -0.2) is 24.5 Å². The van der Waals surface area contributed by atoms with Crippen molar-refractivity contribution in [3.63, 3.8) is 0 Å². The fourth-order valence-corrected chi connectivity index (χ4v) is 2.67. The normalized spacial score (nSPS) is 14.8. The van der Waals surface area contributed by atoms with Crippen LogP contribution in [-0.2, 0) is 13.0 Å². The zero-order chi connectivity index (χ0) is 13.8. The molecule has 0 saturated heterocycles. The number of halogens is 1. The first-order valence-electron chi connectivity index (χ1n) is 7.10. The Bertz CT molecular complexity index is 565. The van der Waals surface area contributed by atoms with Crippen molar-refractivity contribution in [1.29, 1.82) is 0 Å². The van der Waals surface area contributed by atoms with Crippen molar-refractivity contribution >= 4 is 5.69 Å². The second-order valence-electron chi connectivity index (χ2n) is 5.23. The van der Waals surface area contributed by atoms with Crippen molar-refractivity contribution in [2.75, 3.05) is 25.0 Å². The molecule has 3 heteroatoms. The molecule has 0 bridgehead atoms. The first-order chi connectivity index (χ1) is 9.81. The molecule has 1 heterocycles. The molecule has 0 radical (unpaired) electrons. The molecule has 0 aromatic heterocycles. The van der Waals surface area contributed by atoms with E-state index in [9.17, 15) is 4.39 Å². The molecule has 1 aliphatic heterocycles. The van der Waals surface area contributed by atoms with Crippen molar-refractivity contribution in [3.05, 3.63) is 65.5 Å². The fourth-order valence-electron chi connectivity index (χ4n) is 2.67. The van der Waals surface area contributed by atoms with Crippen LogP contribution in [0.3, 0.4) is 0 Å². The molecule has 1 N–H and O–H groups in total. The Hall–Kier alpha value is -1.87. The summed E-state index contributed by atoms with van der Waals surface area (Å²) in [7, 11) is 0. The number of nitrogens with one attached hydrogen (secondary N) is 1. The van der Waals surface area contributed by atoms with E-state index in [0.717, 1.165) is 38.3 Å². The third-order valence-corrected chi connectivity index (χ3v) is 3.81. The summed E-state index contributed by atoms with van der Waals surface area (Å²) in [5.41, 5.74) is 3.90. The minimum absolute atomic E-state index is 0.191. The molecule has 0 amide bonds. The van der Waals surface area contributed by atoms with Crippen molar-refractivity contribution in [1.82, 2.24) is 4.90 Å². The summed E-state index contributed by atoms with van der Waals surface area (Å²) in [5, 5.41) is 3.33. The molecule has 0 spiro atoms. The minimum atomic E-state index is -0.191.